The molecule has 1 atom stereocenters. The Morgan fingerprint density at radius 2 is 1.79 bits per heavy atom. The Morgan fingerprint density at radius 3 is 2.57 bits per heavy atom. The first kappa shape index (κ1) is 18.4. The van der Waals surface area contributed by atoms with Gasteiger partial charge in [-0.05, 0) is 23.6 Å². The average Bonchev–Trinajstić information content (AvgIpc) is 2.77. The monoisotopic (exact) mass is 376 g/mol. The zero-order chi connectivity index (χ0) is 19.3. The van der Waals surface area contributed by atoms with Gasteiger partial charge in [0.15, 0.2) is 0 Å². The smallest absolute Gasteiger partial charge is 0.289 e. The fourth-order valence-electron chi connectivity index (χ4n) is 3.40. The lowest BCUT2D eigenvalue weighted by atomic mass is 10.0. The van der Waals surface area contributed by atoms with Crippen LogP contribution in [0.5, 0.6) is 0 Å². The highest BCUT2D eigenvalue weighted by atomic mass is 16.5. The Hall–Kier alpha value is -2.99. The largest absolute Gasteiger partial charge is 0.378 e. The summed E-state index contributed by atoms with van der Waals surface area (Å²) in [7, 11) is 0. The summed E-state index contributed by atoms with van der Waals surface area (Å²) < 4.78 is 5.45. The van der Waals surface area contributed by atoms with Crippen LogP contribution < -0.4 is 10.2 Å². The van der Waals surface area contributed by atoms with E-state index in [0.717, 1.165) is 29.8 Å². The van der Waals surface area contributed by atoms with Crippen LogP contribution in [0.25, 0.3) is 10.9 Å². The number of amides is 1. The number of ether oxygens (including phenoxy) is 1. The SMILES string of the molecule is C[C@H](CNC(=O)c1nc(N2CCOCC2)c2ccccc2n1)c1ccccc1. The van der Waals surface area contributed by atoms with Gasteiger partial charge in [0.25, 0.3) is 5.91 Å². The van der Waals surface area contributed by atoms with Crippen LogP contribution in [0.1, 0.15) is 29.0 Å². The Bertz CT molecular complexity index is 955. The zero-order valence-electron chi connectivity index (χ0n) is 16.0. The van der Waals surface area contributed by atoms with Gasteiger partial charge in [0.05, 0.1) is 18.7 Å². The minimum absolute atomic E-state index is 0.209. The second-order valence-corrected chi connectivity index (χ2v) is 7.01. The summed E-state index contributed by atoms with van der Waals surface area (Å²) in [5.74, 6) is 0.975. The van der Waals surface area contributed by atoms with Crippen LogP contribution in [0.3, 0.4) is 0 Å². The minimum Gasteiger partial charge on any atom is -0.378 e. The van der Waals surface area contributed by atoms with Crippen LogP contribution in [-0.4, -0.2) is 48.7 Å². The van der Waals surface area contributed by atoms with E-state index in [-0.39, 0.29) is 17.6 Å². The predicted molar refractivity (Wildman–Crippen MR) is 110 cm³/mol. The third-order valence-electron chi connectivity index (χ3n) is 5.03. The van der Waals surface area contributed by atoms with Crippen molar-refractivity contribution in [3.63, 3.8) is 0 Å². The molecule has 28 heavy (non-hydrogen) atoms. The summed E-state index contributed by atoms with van der Waals surface area (Å²) in [5.41, 5.74) is 1.97. The number of hydrogen-bond acceptors (Lipinski definition) is 5. The number of morpholine rings is 1. The first-order valence-corrected chi connectivity index (χ1v) is 9.65. The van der Waals surface area contributed by atoms with E-state index >= 15 is 0 Å². The van der Waals surface area contributed by atoms with Gasteiger partial charge in [-0.25, -0.2) is 9.97 Å². The van der Waals surface area contributed by atoms with Crippen molar-refractivity contribution in [1.29, 1.82) is 0 Å². The molecule has 1 aliphatic rings. The Kier molecular flexibility index (Phi) is 5.48. The normalized spacial score (nSPS) is 15.4. The summed E-state index contributed by atoms with van der Waals surface area (Å²) in [6, 6.07) is 18.0. The van der Waals surface area contributed by atoms with Crippen molar-refractivity contribution in [2.75, 3.05) is 37.7 Å². The number of benzene rings is 2. The van der Waals surface area contributed by atoms with Gasteiger partial charge in [-0.15, -0.1) is 0 Å². The van der Waals surface area contributed by atoms with Crippen LogP contribution in [0, 0.1) is 0 Å². The van der Waals surface area contributed by atoms with Crippen molar-refractivity contribution >= 4 is 22.6 Å². The van der Waals surface area contributed by atoms with Crippen LogP contribution in [0.4, 0.5) is 5.82 Å². The van der Waals surface area contributed by atoms with Gasteiger partial charge in [-0.1, -0.05) is 49.4 Å². The van der Waals surface area contributed by atoms with Gasteiger partial charge < -0.3 is 15.0 Å². The van der Waals surface area contributed by atoms with Crippen molar-refractivity contribution in [1.82, 2.24) is 15.3 Å². The van der Waals surface area contributed by atoms with Gasteiger partial charge in [-0.2, -0.15) is 0 Å². The molecule has 2 heterocycles. The van der Waals surface area contributed by atoms with Crippen molar-refractivity contribution in [3.05, 3.63) is 66.0 Å². The molecule has 0 bridgehead atoms. The van der Waals surface area contributed by atoms with Crippen molar-refractivity contribution in [2.45, 2.75) is 12.8 Å². The molecule has 0 saturated carbocycles. The van der Waals surface area contributed by atoms with E-state index in [2.05, 4.69) is 39.2 Å². The molecule has 1 amide bonds. The Labute approximate surface area is 164 Å². The molecule has 0 unspecified atom stereocenters. The number of aromatic nitrogens is 2. The summed E-state index contributed by atoms with van der Waals surface area (Å²) >= 11 is 0. The van der Waals surface area contributed by atoms with Crippen molar-refractivity contribution in [2.24, 2.45) is 0 Å². The van der Waals surface area contributed by atoms with Gasteiger partial charge in [0, 0.05) is 25.0 Å². The highest BCUT2D eigenvalue weighted by Crippen LogP contribution is 2.24. The second-order valence-electron chi connectivity index (χ2n) is 7.01. The van der Waals surface area contributed by atoms with Gasteiger partial charge in [-0.3, -0.25) is 4.79 Å². The Morgan fingerprint density at radius 1 is 1.07 bits per heavy atom. The number of fused-ring (bicyclic) bond motifs is 1. The number of rotatable bonds is 5. The standard InChI is InChI=1S/C22H24N4O2/c1-16(17-7-3-2-4-8-17)15-23-22(27)20-24-19-10-6-5-9-18(19)21(25-20)26-11-13-28-14-12-26/h2-10,16H,11-15H2,1H3,(H,23,27)/t16-/m1/s1. The topological polar surface area (TPSA) is 67.4 Å². The van der Waals surface area contributed by atoms with Gasteiger partial charge >= 0.3 is 0 Å². The van der Waals surface area contributed by atoms with Gasteiger partial charge in [0.2, 0.25) is 5.82 Å². The molecular weight excluding hydrogens is 352 g/mol. The van der Waals surface area contributed by atoms with E-state index in [1.54, 1.807) is 0 Å². The summed E-state index contributed by atoms with van der Waals surface area (Å²) in [6.45, 7) is 5.46. The third-order valence-corrected chi connectivity index (χ3v) is 5.03. The lowest BCUT2D eigenvalue weighted by molar-refractivity contribution is 0.0941. The van der Waals surface area contributed by atoms with E-state index in [4.69, 9.17) is 4.74 Å². The molecule has 1 aliphatic heterocycles. The molecule has 1 N–H and O–H groups in total. The maximum atomic E-state index is 12.8. The third kappa shape index (κ3) is 3.97. The summed E-state index contributed by atoms with van der Waals surface area (Å²) in [5, 5.41) is 3.94. The lowest BCUT2D eigenvalue weighted by Gasteiger charge is -2.28. The van der Waals surface area contributed by atoms with E-state index < -0.39 is 0 Å². The molecule has 2 aromatic carbocycles. The molecule has 1 aromatic heterocycles. The summed E-state index contributed by atoms with van der Waals surface area (Å²) in [4.78, 5) is 24.1. The average molecular weight is 376 g/mol. The molecule has 144 valence electrons. The Balaban J connectivity index is 1.56. The first-order valence-electron chi connectivity index (χ1n) is 9.65. The van der Waals surface area contributed by atoms with Crippen LogP contribution >= 0.6 is 0 Å². The maximum Gasteiger partial charge on any atom is 0.289 e. The van der Waals surface area contributed by atoms with E-state index in [0.29, 0.717) is 19.8 Å². The molecule has 3 aromatic rings. The number of nitrogens with zero attached hydrogens (tertiary/aromatic N) is 3. The molecule has 0 aliphatic carbocycles. The van der Waals surface area contributed by atoms with Gasteiger partial charge in [0.1, 0.15) is 5.82 Å². The fourth-order valence-corrected chi connectivity index (χ4v) is 3.40. The van der Waals surface area contributed by atoms with E-state index in [1.807, 2.05) is 42.5 Å². The minimum atomic E-state index is -0.247. The second kappa shape index (κ2) is 8.35. The van der Waals surface area contributed by atoms with Crippen LogP contribution in [0.2, 0.25) is 0 Å². The molecule has 0 radical (unpaired) electrons. The number of nitrogens with one attached hydrogen (secondary N) is 1. The molecule has 6 heteroatoms. The lowest BCUT2D eigenvalue weighted by Crippen LogP contribution is -2.37. The zero-order valence-corrected chi connectivity index (χ0v) is 16.0. The number of anilines is 1. The number of para-hydroxylation sites is 1. The van der Waals surface area contributed by atoms with Crippen LogP contribution in [-0.2, 0) is 4.74 Å². The van der Waals surface area contributed by atoms with Crippen molar-refractivity contribution in [3.8, 4) is 0 Å². The number of carbonyl (C=O) groups is 1. The highest BCUT2D eigenvalue weighted by Gasteiger charge is 2.20. The van der Waals surface area contributed by atoms with E-state index in [9.17, 15) is 4.79 Å². The predicted octanol–water partition coefficient (Wildman–Crippen LogP) is 3.00. The molecule has 0 spiro atoms. The highest BCUT2D eigenvalue weighted by molar-refractivity contribution is 5.96. The first-order chi connectivity index (χ1) is 13.7. The maximum absolute atomic E-state index is 12.8. The summed E-state index contributed by atoms with van der Waals surface area (Å²) in [6.07, 6.45) is 0. The van der Waals surface area contributed by atoms with Crippen LogP contribution in [0.15, 0.2) is 54.6 Å². The molecular formula is C22H24N4O2. The molecule has 1 fully saturated rings. The number of carbonyl (C=O) groups excluding carboxylic acids is 1. The van der Waals surface area contributed by atoms with E-state index in [1.165, 1.54) is 5.56 Å². The molecule has 4 rings (SSSR count). The molecule has 1 saturated heterocycles. The fraction of sp³-hybridized carbons (Fsp3) is 0.318. The number of hydrogen-bond donors (Lipinski definition) is 1. The quantitative estimate of drug-likeness (QED) is 0.741. The van der Waals surface area contributed by atoms with Crippen molar-refractivity contribution < 1.29 is 9.53 Å². The molecule has 6 nitrogen and oxygen atoms in total.